The first-order chi connectivity index (χ1) is 9.16. The fraction of sp³-hybridized carbons (Fsp3) is 0.583. The minimum atomic E-state index is -0.599. The van der Waals surface area contributed by atoms with Crippen molar-refractivity contribution in [2.45, 2.75) is 25.8 Å². The fourth-order valence-electron chi connectivity index (χ4n) is 2.53. The molecule has 0 bridgehead atoms. The van der Waals surface area contributed by atoms with Crippen LogP contribution in [0.1, 0.15) is 25.8 Å². The summed E-state index contributed by atoms with van der Waals surface area (Å²) in [5, 5.41) is 4.17. The van der Waals surface area contributed by atoms with Gasteiger partial charge < -0.3 is 4.74 Å². The third-order valence-corrected chi connectivity index (χ3v) is 3.85. The molecule has 0 aliphatic carbocycles. The second-order valence-corrected chi connectivity index (χ2v) is 5.18. The van der Waals surface area contributed by atoms with Crippen LogP contribution in [0, 0.1) is 11.9 Å². The number of halogens is 2. The molecule has 0 amide bonds. The summed E-state index contributed by atoms with van der Waals surface area (Å²) in [6.45, 7) is 3.50. The van der Waals surface area contributed by atoms with Crippen LogP contribution < -0.4 is 0 Å². The molecule has 1 saturated heterocycles. The molecule has 0 N–H and O–H groups in total. The van der Waals surface area contributed by atoms with Gasteiger partial charge in [0.2, 0.25) is 0 Å². The second kappa shape index (κ2) is 5.02. The van der Waals surface area contributed by atoms with Crippen molar-refractivity contribution in [3.8, 4) is 0 Å². The highest BCUT2D eigenvalue weighted by Crippen LogP contribution is 2.29. The monoisotopic (exact) mass is 284 g/mol. The largest absolute Gasteiger partial charge is 0.381 e. The zero-order valence-corrected chi connectivity index (χ0v) is 11.3. The maximum atomic E-state index is 13.8. The molecule has 0 spiro atoms. The molecule has 19 heavy (non-hydrogen) atoms. The van der Waals surface area contributed by atoms with Gasteiger partial charge in [-0.3, -0.25) is 0 Å². The second-order valence-electron chi connectivity index (χ2n) is 4.79. The molecule has 3 rings (SSSR count). The van der Waals surface area contributed by atoms with Crippen molar-refractivity contribution in [2.24, 2.45) is 5.92 Å². The summed E-state index contributed by atoms with van der Waals surface area (Å²) in [4.78, 5) is 8.10. The van der Waals surface area contributed by atoms with Gasteiger partial charge in [0.05, 0.1) is 12.2 Å². The topological polar surface area (TPSA) is 52.8 Å². The minimum absolute atomic E-state index is 0.0451. The molecule has 2 aromatic rings. The number of aromatic nitrogens is 4. The Labute approximate surface area is 114 Å². The van der Waals surface area contributed by atoms with Crippen LogP contribution in [0.15, 0.2) is 6.20 Å². The molecule has 0 aromatic carbocycles. The van der Waals surface area contributed by atoms with Crippen LogP contribution in [0.25, 0.3) is 11.2 Å². The van der Waals surface area contributed by atoms with E-state index < -0.39 is 5.95 Å². The van der Waals surface area contributed by atoms with Gasteiger partial charge in [0.1, 0.15) is 5.15 Å². The van der Waals surface area contributed by atoms with Crippen molar-refractivity contribution < 1.29 is 9.13 Å². The van der Waals surface area contributed by atoms with Crippen LogP contribution >= 0.6 is 11.6 Å². The molecule has 7 heteroatoms. The lowest BCUT2D eigenvalue weighted by molar-refractivity contribution is 0.0499. The van der Waals surface area contributed by atoms with E-state index in [-0.39, 0.29) is 16.7 Å². The zero-order valence-electron chi connectivity index (χ0n) is 10.5. The summed E-state index contributed by atoms with van der Waals surface area (Å²) in [5.74, 6) is -0.199. The van der Waals surface area contributed by atoms with Crippen molar-refractivity contribution >= 4 is 22.8 Å². The molecule has 102 valence electrons. The highest BCUT2D eigenvalue weighted by molar-refractivity contribution is 6.29. The van der Waals surface area contributed by atoms with Gasteiger partial charge in [0.15, 0.2) is 11.2 Å². The number of ether oxygens (including phenoxy) is 1. The highest BCUT2D eigenvalue weighted by atomic mass is 35.5. The summed E-state index contributed by atoms with van der Waals surface area (Å²) < 4.78 is 20.7. The SMILES string of the molecule is CC(C1CCOCC1)n1nc(F)c2ncc(Cl)nc21. The molecule has 1 aliphatic rings. The third kappa shape index (κ3) is 2.30. The van der Waals surface area contributed by atoms with Crippen LogP contribution in [0.2, 0.25) is 5.15 Å². The van der Waals surface area contributed by atoms with E-state index in [0.717, 1.165) is 26.1 Å². The summed E-state index contributed by atoms with van der Waals surface area (Å²) in [6, 6.07) is 0.0451. The molecule has 5 nitrogen and oxygen atoms in total. The number of hydrogen-bond acceptors (Lipinski definition) is 4. The van der Waals surface area contributed by atoms with Gasteiger partial charge in [-0.25, -0.2) is 14.6 Å². The first-order valence-electron chi connectivity index (χ1n) is 6.31. The quantitative estimate of drug-likeness (QED) is 0.851. The smallest absolute Gasteiger partial charge is 0.260 e. The first-order valence-corrected chi connectivity index (χ1v) is 6.68. The summed E-state index contributed by atoms with van der Waals surface area (Å²) in [5.41, 5.74) is 0.576. The fourth-order valence-corrected chi connectivity index (χ4v) is 2.66. The van der Waals surface area contributed by atoms with Crippen LogP contribution in [-0.2, 0) is 4.74 Å². The number of rotatable bonds is 2. The normalized spacial score (nSPS) is 18.9. The van der Waals surface area contributed by atoms with E-state index in [4.69, 9.17) is 16.3 Å². The Kier molecular flexibility index (Phi) is 3.36. The lowest BCUT2D eigenvalue weighted by Crippen LogP contribution is -2.25. The van der Waals surface area contributed by atoms with Gasteiger partial charge in [-0.1, -0.05) is 11.6 Å². The Morgan fingerprint density at radius 1 is 1.47 bits per heavy atom. The maximum absolute atomic E-state index is 13.8. The van der Waals surface area contributed by atoms with Crippen LogP contribution in [0.5, 0.6) is 0 Å². The lowest BCUT2D eigenvalue weighted by atomic mass is 9.93. The average molecular weight is 285 g/mol. The summed E-state index contributed by atoms with van der Waals surface area (Å²) in [7, 11) is 0. The molecule has 0 radical (unpaired) electrons. The van der Waals surface area contributed by atoms with E-state index >= 15 is 0 Å². The third-order valence-electron chi connectivity index (χ3n) is 3.67. The Morgan fingerprint density at radius 3 is 2.95 bits per heavy atom. The number of nitrogens with zero attached hydrogens (tertiary/aromatic N) is 4. The first kappa shape index (κ1) is 12.7. The Bertz CT molecular complexity index is 597. The number of fused-ring (bicyclic) bond motifs is 1. The van der Waals surface area contributed by atoms with Gasteiger partial charge in [-0.15, -0.1) is 5.10 Å². The molecule has 1 fully saturated rings. The van der Waals surface area contributed by atoms with E-state index in [9.17, 15) is 4.39 Å². The summed E-state index contributed by atoms with van der Waals surface area (Å²) in [6.07, 6.45) is 3.22. The molecule has 0 saturated carbocycles. The molecular formula is C12H14ClFN4O. The van der Waals surface area contributed by atoms with E-state index in [0.29, 0.717) is 11.6 Å². The standard InChI is InChI=1S/C12H14ClFN4O/c1-7(8-2-4-19-5-3-8)18-12-10(11(14)17-18)15-6-9(13)16-12/h6-8H,2-5H2,1H3. The van der Waals surface area contributed by atoms with Gasteiger partial charge in [0, 0.05) is 13.2 Å². The molecule has 1 aliphatic heterocycles. The van der Waals surface area contributed by atoms with Crippen molar-refractivity contribution in [1.82, 2.24) is 19.7 Å². The van der Waals surface area contributed by atoms with Crippen LogP contribution in [0.4, 0.5) is 4.39 Å². The van der Waals surface area contributed by atoms with Gasteiger partial charge in [0.25, 0.3) is 5.95 Å². The molecule has 1 atom stereocenters. The zero-order chi connectivity index (χ0) is 13.4. The van der Waals surface area contributed by atoms with Crippen LogP contribution in [0.3, 0.4) is 0 Å². The Morgan fingerprint density at radius 2 is 2.21 bits per heavy atom. The van der Waals surface area contributed by atoms with Crippen molar-refractivity contribution in [1.29, 1.82) is 0 Å². The predicted molar refractivity (Wildman–Crippen MR) is 68.5 cm³/mol. The molecule has 3 heterocycles. The molecule has 1 unspecified atom stereocenters. The molecule has 2 aromatic heterocycles. The number of hydrogen-bond donors (Lipinski definition) is 0. The Balaban J connectivity index is 2.01. The van der Waals surface area contributed by atoms with Gasteiger partial charge >= 0.3 is 0 Å². The van der Waals surface area contributed by atoms with E-state index in [1.165, 1.54) is 6.20 Å². The molecular weight excluding hydrogens is 271 g/mol. The van der Waals surface area contributed by atoms with Crippen LogP contribution in [-0.4, -0.2) is 33.0 Å². The predicted octanol–water partition coefficient (Wildman–Crippen LogP) is 2.61. The summed E-state index contributed by atoms with van der Waals surface area (Å²) >= 11 is 5.83. The average Bonchev–Trinajstić information content (AvgIpc) is 2.75. The van der Waals surface area contributed by atoms with E-state index in [1.54, 1.807) is 4.68 Å². The van der Waals surface area contributed by atoms with Crippen molar-refractivity contribution in [2.75, 3.05) is 13.2 Å². The van der Waals surface area contributed by atoms with Crippen molar-refractivity contribution in [3.05, 3.63) is 17.3 Å². The maximum Gasteiger partial charge on any atom is 0.260 e. The van der Waals surface area contributed by atoms with Gasteiger partial charge in [-0.2, -0.15) is 4.39 Å². The Hall–Kier alpha value is -1.27. The van der Waals surface area contributed by atoms with E-state index in [2.05, 4.69) is 15.1 Å². The lowest BCUT2D eigenvalue weighted by Gasteiger charge is -2.27. The van der Waals surface area contributed by atoms with E-state index in [1.807, 2.05) is 6.92 Å². The van der Waals surface area contributed by atoms with Gasteiger partial charge in [-0.05, 0) is 25.7 Å². The highest BCUT2D eigenvalue weighted by Gasteiger charge is 2.26. The minimum Gasteiger partial charge on any atom is -0.381 e. The van der Waals surface area contributed by atoms with Crippen molar-refractivity contribution in [3.63, 3.8) is 0 Å².